The summed E-state index contributed by atoms with van der Waals surface area (Å²) in [6.07, 6.45) is 3.46. The van der Waals surface area contributed by atoms with Crippen LogP contribution in [0.5, 0.6) is 0 Å². The van der Waals surface area contributed by atoms with Gasteiger partial charge in [-0.05, 0) is 39.3 Å². The first-order valence-electron chi connectivity index (χ1n) is 6.63. The lowest BCUT2D eigenvalue weighted by Gasteiger charge is -2.32. The van der Waals surface area contributed by atoms with Gasteiger partial charge >= 0.3 is 5.97 Å². The van der Waals surface area contributed by atoms with Crippen LogP contribution in [0.4, 0.5) is 0 Å². The summed E-state index contributed by atoms with van der Waals surface area (Å²) in [6.45, 7) is 2.37. The van der Waals surface area contributed by atoms with Crippen molar-refractivity contribution >= 4 is 11.9 Å². The normalized spacial score (nSPS) is 17.2. The Bertz CT molecular complexity index is 284. The van der Waals surface area contributed by atoms with Crippen molar-refractivity contribution < 1.29 is 14.7 Å². The van der Waals surface area contributed by atoms with Crippen molar-refractivity contribution in [2.24, 2.45) is 5.92 Å². The van der Waals surface area contributed by atoms with Gasteiger partial charge in [-0.15, -0.1) is 0 Å². The number of hydrogen-bond donors (Lipinski definition) is 1. The number of carboxylic acids is 1. The fourth-order valence-electron chi connectivity index (χ4n) is 2.28. The molecule has 1 saturated heterocycles. The molecule has 0 spiro atoms. The van der Waals surface area contributed by atoms with Crippen LogP contribution in [0.3, 0.4) is 0 Å². The molecule has 1 aliphatic heterocycles. The fraction of sp³-hybridized carbons (Fsp3) is 0.846. The first-order valence-corrected chi connectivity index (χ1v) is 6.63. The monoisotopic (exact) mass is 256 g/mol. The van der Waals surface area contributed by atoms with Crippen LogP contribution in [-0.2, 0) is 9.59 Å². The smallest absolute Gasteiger partial charge is 0.303 e. The second kappa shape index (κ2) is 7.36. The van der Waals surface area contributed by atoms with Gasteiger partial charge in [-0.1, -0.05) is 0 Å². The predicted octanol–water partition coefficient (Wildman–Crippen LogP) is 1.04. The average molecular weight is 256 g/mol. The molecule has 0 aromatic rings. The van der Waals surface area contributed by atoms with Crippen LogP contribution in [0, 0.1) is 5.92 Å². The minimum absolute atomic E-state index is 0.223. The van der Waals surface area contributed by atoms with E-state index < -0.39 is 5.97 Å². The molecule has 1 fully saturated rings. The molecule has 5 nitrogen and oxygen atoms in total. The molecule has 0 atom stereocenters. The first-order chi connectivity index (χ1) is 8.49. The van der Waals surface area contributed by atoms with Crippen molar-refractivity contribution in [3.63, 3.8) is 0 Å². The third-order valence-electron chi connectivity index (χ3n) is 3.51. The zero-order valence-electron chi connectivity index (χ0n) is 11.4. The van der Waals surface area contributed by atoms with Crippen molar-refractivity contribution in [3.05, 3.63) is 0 Å². The Hall–Kier alpha value is -1.10. The molecule has 18 heavy (non-hydrogen) atoms. The largest absolute Gasteiger partial charge is 0.481 e. The summed E-state index contributed by atoms with van der Waals surface area (Å²) in [5.41, 5.74) is 0. The molecule has 1 rings (SSSR count). The molecule has 1 heterocycles. The summed E-state index contributed by atoms with van der Waals surface area (Å²) in [7, 11) is 3.93. The maximum Gasteiger partial charge on any atom is 0.303 e. The van der Waals surface area contributed by atoms with Crippen LogP contribution in [0.25, 0.3) is 0 Å². The Kier molecular flexibility index (Phi) is 6.12. The molecule has 0 saturated carbocycles. The SMILES string of the molecule is CN(C)CCC(=O)N1CCC(CCC(=O)O)CC1. The Labute approximate surface area is 109 Å². The number of amides is 1. The molecule has 1 amide bonds. The fourth-order valence-corrected chi connectivity index (χ4v) is 2.28. The maximum atomic E-state index is 11.9. The summed E-state index contributed by atoms with van der Waals surface area (Å²) in [5.74, 6) is -0.0288. The number of carbonyl (C=O) groups excluding carboxylic acids is 1. The second-order valence-electron chi connectivity index (χ2n) is 5.31. The Morgan fingerprint density at radius 3 is 2.33 bits per heavy atom. The van der Waals surface area contributed by atoms with E-state index in [0.29, 0.717) is 12.3 Å². The molecule has 1 aliphatic rings. The van der Waals surface area contributed by atoms with Crippen molar-refractivity contribution in [1.82, 2.24) is 9.80 Å². The van der Waals surface area contributed by atoms with E-state index in [1.165, 1.54) is 0 Å². The number of hydrogen-bond acceptors (Lipinski definition) is 3. The summed E-state index contributed by atoms with van der Waals surface area (Å²) >= 11 is 0. The van der Waals surface area contributed by atoms with Gasteiger partial charge in [0.1, 0.15) is 0 Å². The van der Waals surface area contributed by atoms with Gasteiger partial charge < -0.3 is 14.9 Å². The lowest BCUT2D eigenvalue weighted by molar-refractivity contribution is -0.138. The number of aliphatic carboxylic acids is 1. The van der Waals surface area contributed by atoms with Gasteiger partial charge in [0.05, 0.1) is 0 Å². The standard InChI is InChI=1S/C13H24N2O3/c1-14(2)8-7-12(16)15-9-5-11(6-10-15)3-4-13(17)18/h11H,3-10H2,1-2H3,(H,17,18). The van der Waals surface area contributed by atoms with Crippen LogP contribution >= 0.6 is 0 Å². The topological polar surface area (TPSA) is 60.9 Å². The number of likely N-dealkylation sites (tertiary alicyclic amines) is 1. The van der Waals surface area contributed by atoms with Crippen molar-refractivity contribution in [2.45, 2.75) is 32.1 Å². The molecule has 0 aromatic carbocycles. The highest BCUT2D eigenvalue weighted by atomic mass is 16.4. The van der Waals surface area contributed by atoms with Gasteiger partial charge in [0.2, 0.25) is 5.91 Å². The van der Waals surface area contributed by atoms with E-state index in [1.807, 2.05) is 23.9 Å². The van der Waals surface area contributed by atoms with Gasteiger partial charge in [-0.3, -0.25) is 9.59 Å². The lowest BCUT2D eigenvalue weighted by Crippen LogP contribution is -2.39. The molecule has 0 radical (unpaired) electrons. The van der Waals surface area contributed by atoms with Gasteiger partial charge in [0.15, 0.2) is 0 Å². The van der Waals surface area contributed by atoms with Crippen molar-refractivity contribution in [3.8, 4) is 0 Å². The summed E-state index contributed by atoms with van der Waals surface area (Å²) < 4.78 is 0. The molecular formula is C13H24N2O3. The van der Waals surface area contributed by atoms with Crippen LogP contribution in [0.1, 0.15) is 32.1 Å². The highest BCUT2D eigenvalue weighted by molar-refractivity contribution is 5.76. The molecule has 0 unspecified atom stereocenters. The van der Waals surface area contributed by atoms with Gasteiger partial charge in [-0.2, -0.15) is 0 Å². The number of rotatable bonds is 6. The van der Waals surface area contributed by atoms with E-state index in [-0.39, 0.29) is 12.3 Å². The quantitative estimate of drug-likeness (QED) is 0.771. The maximum absolute atomic E-state index is 11.9. The zero-order valence-corrected chi connectivity index (χ0v) is 11.4. The van der Waals surface area contributed by atoms with Crippen LogP contribution in [0.15, 0.2) is 0 Å². The minimum Gasteiger partial charge on any atom is -0.481 e. The highest BCUT2D eigenvalue weighted by Gasteiger charge is 2.22. The molecule has 0 aromatic heterocycles. The van der Waals surface area contributed by atoms with E-state index in [0.717, 1.165) is 38.9 Å². The summed E-state index contributed by atoms with van der Waals surface area (Å²) in [5, 5.41) is 8.64. The van der Waals surface area contributed by atoms with E-state index in [4.69, 9.17) is 5.11 Å². The third-order valence-corrected chi connectivity index (χ3v) is 3.51. The zero-order chi connectivity index (χ0) is 13.5. The molecule has 104 valence electrons. The number of carboxylic acid groups (broad SMARTS) is 1. The number of carbonyl (C=O) groups is 2. The minimum atomic E-state index is -0.723. The van der Waals surface area contributed by atoms with E-state index in [9.17, 15) is 9.59 Å². The van der Waals surface area contributed by atoms with Gasteiger partial charge in [0.25, 0.3) is 0 Å². The molecule has 0 aliphatic carbocycles. The third kappa shape index (κ3) is 5.49. The van der Waals surface area contributed by atoms with Crippen LogP contribution in [0.2, 0.25) is 0 Å². The Morgan fingerprint density at radius 2 is 1.83 bits per heavy atom. The highest BCUT2D eigenvalue weighted by Crippen LogP contribution is 2.22. The summed E-state index contributed by atoms with van der Waals surface area (Å²) in [4.78, 5) is 26.3. The average Bonchev–Trinajstić information content (AvgIpc) is 2.34. The molecule has 5 heteroatoms. The summed E-state index contributed by atoms with van der Waals surface area (Å²) in [6, 6.07) is 0. The molecule has 0 bridgehead atoms. The van der Waals surface area contributed by atoms with E-state index in [1.54, 1.807) is 0 Å². The van der Waals surface area contributed by atoms with Crippen molar-refractivity contribution in [1.29, 1.82) is 0 Å². The predicted molar refractivity (Wildman–Crippen MR) is 69.3 cm³/mol. The number of piperidine rings is 1. The van der Waals surface area contributed by atoms with Crippen LogP contribution < -0.4 is 0 Å². The Balaban J connectivity index is 2.22. The number of nitrogens with zero attached hydrogens (tertiary/aromatic N) is 2. The molecule has 1 N–H and O–H groups in total. The van der Waals surface area contributed by atoms with Gasteiger partial charge in [-0.25, -0.2) is 0 Å². The van der Waals surface area contributed by atoms with Crippen molar-refractivity contribution in [2.75, 3.05) is 33.7 Å². The van der Waals surface area contributed by atoms with E-state index in [2.05, 4.69) is 0 Å². The first kappa shape index (κ1) is 15.0. The van der Waals surface area contributed by atoms with E-state index >= 15 is 0 Å². The second-order valence-corrected chi connectivity index (χ2v) is 5.31. The Morgan fingerprint density at radius 1 is 1.22 bits per heavy atom. The molecular weight excluding hydrogens is 232 g/mol. The van der Waals surface area contributed by atoms with Crippen LogP contribution in [-0.4, -0.2) is 60.5 Å². The lowest BCUT2D eigenvalue weighted by atomic mass is 9.92. The van der Waals surface area contributed by atoms with Gasteiger partial charge in [0, 0.05) is 32.5 Å².